The highest BCUT2D eigenvalue weighted by Crippen LogP contribution is 2.44. The molecule has 6 aromatic carbocycles. The van der Waals surface area contributed by atoms with Gasteiger partial charge in [0.25, 0.3) is 14.2 Å². The molecule has 3 aliphatic rings. The number of nitrogens with one attached hydrogen (secondary N) is 2. The fraction of sp³-hybridized carbons (Fsp3) is 0.246. The van der Waals surface area contributed by atoms with E-state index in [1.165, 1.54) is 21.3 Å². The number of ether oxygens (including phenoxy) is 4. The quantitative estimate of drug-likeness (QED) is 0.0771. The van der Waals surface area contributed by atoms with Crippen molar-refractivity contribution in [3.63, 3.8) is 0 Å². The third-order valence-corrected chi connectivity index (χ3v) is 20.0. The molecule has 1 fully saturated rings. The number of hydrogen-bond donors (Lipinski definition) is 2. The number of aromatic amines is 2. The lowest BCUT2D eigenvalue weighted by Gasteiger charge is -2.44. The van der Waals surface area contributed by atoms with E-state index in [4.69, 9.17) is 23.4 Å². The topological polar surface area (TPSA) is 187 Å². The number of aromatic nitrogens is 2. The standard InChI is InChI=1S/C39H40N2O6Si.C22H18N2O5/c1-39(2,3)48(28-14-8-6-9-15-28,29-16-10-7-11-17-29)47-25-34(42)41-33(38(44)46-5)24-31-30-18-12-13-19-32(30)40-35(31)36(41)26-20-22-27(23-21-26)37(43)45-4;1-28-21(26)13-8-6-12(7-9-13)20-19-15(14-4-2-3-5-16(14)23-19)10-17-22(27)29-11-18(25)24(17)20/h6-23,33,36,40H,24-25H2,1-5H3;2-9,17,20,23H,10-11H2,1H3/t33-,36-;17-,20-/m00/s1. The number of rotatable bonds is 10. The summed E-state index contributed by atoms with van der Waals surface area (Å²) >= 11 is 0. The van der Waals surface area contributed by atoms with Gasteiger partial charge < -0.3 is 43.1 Å². The molecule has 4 atom stereocenters. The van der Waals surface area contributed by atoms with E-state index in [1.807, 2.05) is 84.9 Å². The van der Waals surface area contributed by atoms with Gasteiger partial charge in [-0.15, -0.1) is 0 Å². The molecule has 0 radical (unpaired) electrons. The summed E-state index contributed by atoms with van der Waals surface area (Å²) in [7, 11) is 0.927. The summed E-state index contributed by atoms with van der Waals surface area (Å²) in [5.41, 5.74) is 7.83. The smallest absolute Gasteiger partial charge is 0.337 e. The van der Waals surface area contributed by atoms with Gasteiger partial charge in [-0.25, -0.2) is 19.2 Å². The van der Waals surface area contributed by atoms with Crippen molar-refractivity contribution in [1.29, 1.82) is 0 Å². The summed E-state index contributed by atoms with van der Waals surface area (Å²) in [5, 5.41) is 3.75. The van der Waals surface area contributed by atoms with Crippen LogP contribution < -0.4 is 10.4 Å². The van der Waals surface area contributed by atoms with Crippen LogP contribution in [0.15, 0.2) is 158 Å². The van der Waals surface area contributed by atoms with Gasteiger partial charge in [-0.3, -0.25) is 9.59 Å². The van der Waals surface area contributed by atoms with Crippen LogP contribution in [-0.4, -0.2) is 110 Å². The molecule has 0 spiro atoms. The van der Waals surface area contributed by atoms with Crippen LogP contribution in [0.4, 0.5) is 0 Å². The van der Waals surface area contributed by atoms with Crippen molar-refractivity contribution in [2.24, 2.45) is 0 Å². The van der Waals surface area contributed by atoms with Crippen LogP contribution in [0.2, 0.25) is 5.04 Å². The van der Waals surface area contributed by atoms with Crippen molar-refractivity contribution in [2.45, 2.75) is 62.8 Å². The monoisotopic (exact) mass is 1050 g/mol. The van der Waals surface area contributed by atoms with Gasteiger partial charge in [0.15, 0.2) is 6.61 Å². The molecule has 0 unspecified atom stereocenters. The maximum Gasteiger partial charge on any atom is 0.337 e. The number of esters is 4. The first-order chi connectivity index (χ1) is 37.2. The molecular weight excluding hydrogens is 993 g/mol. The van der Waals surface area contributed by atoms with Crippen LogP contribution in [0.3, 0.4) is 0 Å². The Morgan fingerprint density at radius 2 is 1.06 bits per heavy atom. The van der Waals surface area contributed by atoms with Crippen molar-refractivity contribution in [2.75, 3.05) is 34.5 Å². The molecule has 11 rings (SSSR count). The number of cyclic esters (lactones) is 1. The SMILES string of the molecule is COC(=O)c1ccc([C@H]2c3[nH]c4ccccc4c3C[C@@H](C(=O)OC)N2C(=O)CO[Si](c2ccccc2)(c2ccccc2)C(C)(C)C)cc1.COC(=O)c1ccc([C@H]2c3[nH]c4ccccc4c3C[C@H]3C(=O)OCC(=O)N23)cc1. The second-order valence-electron chi connectivity index (χ2n) is 20.3. The van der Waals surface area contributed by atoms with Gasteiger partial charge in [0.05, 0.1) is 44.5 Å². The van der Waals surface area contributed by atoms with Gasteiger partial charge in [0.1, 0.15) is 18.7 Å². The molecule has 0 saturated carbocycles. The normalized spacial score (nSPS) is 18.0. The lowest BCUT2D eigenvalue weighted by Crippen LogP contribution is -2.67. The molecule has 3 aliphatic heterocycles. The van der Waals surface area contributed by atoms with Crippen LogP contribution in [0, 0.1) is 0 Å². The number of para-hydroxylation sites is 2. The number of benzene rings is 6. The molecule has 0 bridgehead atoms. The first-order valence-electron chi connectivity index (χ1n) is 25.4. The fourth-order valence-electron chi connectivity index (χ4n) is 11.5. The summed E-state index contributed by atoms with van der Waals surface area (Å²) in [6, 6.07) is 47.2. The second kappa shape index (κ2) is 21.2. The van der Waals surface area contributed by atoms with Gasteiger partial charge >= 0.3 is 23.9 Å². The van der Waals surface area contributed by atoms with E-state index in [0.717, 1.165) is 65.8 Å². The highest BCUT2D eigenvalue weighted by atomic mass is 28.4. The zero-order valence-electron chi connectivity index (χ0n) is 43.5. The van der Waals surface area contributed by atoms with Crippen molar-refractivity contribution >= 4 is 76.2 Å². The minimum atomic E-state index is -3.08. The molecule has 1 saturated heterocycles. The summed E-state index contributed by atoms with van der Waals surface area (Å²) in [6.07, 6.45) is 0.675. The third-order valence-electron chi connectivity index (χ3n) is 15.0. The maximum absolute atomic E-state index is 14.8. The second-order valence-corrected chi connectivity index (χ2v) is 24.6. The highest BCUT2D eigenvalue weighted by Gasteiger charge is 2.52. The number of fused-ring (bicyclic) bond motifs is 7. The minimum Gasteiger partial charge on any atom is -0.467 e. The first kappa shape index (κ1) is 51.9. The fourth-order valence-corrected chi connectivity index (χ4v) is 16.0. The lowest BCUT2D eigenvalue weighted by molar-refractivity contribution is -0.171. The molecule has 2 aromatic heterocycles. The van der Waals surface area contributed by atoms with Crippen molar-refractivity contribution in [3.8, 4) is 0 Å². The number of H-pyrrole nitrogens is 2. The number of hydrogen-bond acceptors (Lipinski definition) is 11. The molecule has 16 heteroatoms. The molecule has 0 aliphatic carbocycles. The zero-order valence-corrected chi connectivity index (χ0v) is 44.5. The molecule has 392 valence electrons. The number of carbonyl (C=O) groups excluding carboxylic acids is 6. The van der Waals surface area contributed by atoms with E-state index in [1.54, 1.807) is 58.3 Å². The van der Waals surface area contributed by atoms with Crippen LogP contribution in [0.25, 0.3) is 21.8 Å². The average molecular weight is 1050 g/mol. The Bertz CT molecular complexity index is 3490. The van der Waals surface area contributed by atoms with Crippen molar-refractivity contribution in [3.05, 3.63) is 202 Å². The molecule has 2 N–H and O–H groups in total. The van der Waals surface area contributed by atoms with Crippen molar-refractivity contribution < 1.29 is 52.1 Å². The number of nitrogens with zero attached hydrogens (tertiary/aromatic N) is 2. The average Bonchev–Trinajstić information content (AvgIpc) is 4.04. The molecule has 15 nitrogen and oxygen atoms in total. The summed E-state index contributed by atoms with van der Waals surface area (Å²) in [5.74, 6) is -2.37. The van der Waals surface area contributed by atoms with E-state index in [2.05, 4.69) is 55.0 Å². The summed E-state index contributed by atoms with van der Waals surface area (Å²) in [4.78, 5) is 88.0. The van der Waals surface area contributed by atoms with E-state index >= 15 is 0 Å². The van der Waals surface area contributed by atoms with Gasteiger partial charge in [-0.1, -0.05) is 142 Å². The van der Waals surface area contributed by atoms with Gasteiger partial charge in [-0.2, -0.15) is 0 Å². The number of carbonyl (C=O) groups is 6. The van der Waals surface area contributed by atoms with Crippen LogP contribution in [-0.2, 0) is 55.4 Å². The minimum absolute atomic E-state index is 0.235. The predicted octanol–water partition coefficient (Wildman–Crippen LogP) is 7.90. The largest absolute Gasteiger partial charge is 0.467 e. The van der Waals surface area contributed by atoms with Crippen LogP contribution in [0.1, 0.15) is 87.2 Å². The Balaban J connectivity index is 0.000000197. The molecule has 5 heterocycles. The van der Waals surface area contributed by atoms with E-state index in [9.17, 15) is 28.8 Å². The molecular formula is C61H58N4O11Si. The predicted molar refractivity (Wildman–Crippen MR) is 291 cm³/mol. The number of amides is 2. The van der Waals surface area contributed by atoms with E-state index in [0.29, 0.717) is 17.5 Å². The van der Waals surface area contributed by atoms with Gasteiger partial charge in [0.2, 0.25) is 5.91 Å². The summed E-state index contributed by atoms with van der Waals surface area (Å²) < 4.78 is 27.2. The Labute approximate surface area is 446 Å². The Morgan fingerprint density at radius 1 is 0.597 bits per heavy atom. The summed E-state index contributed by atoms with van der Waals surface area (Å²) in [6.45, 7) is 5.95. The molecule has 2 amide bonds. The van der Waals surface area contributed by atoms with Crippen molar-refractivity contribution in [1.82, 2.24) is 19.8 Å². The van der Waals surface area contributed by atoms with E-state index in [-0.39, 0.29) is 36.5 Å². The molecule has 8 aromatic rings. The number of morpholine rings is 1. The van der Waals surface area contributed by atoms with Crippen LogP contribution in [0.5, 0.6) is 0 Å². The number of methoxy groups -OCH3 is 3. The zero-order chi connectivity index (χ0) is 54.2. The lowest BCUT2D eigenvalue weighted by atomic mass is 9.87. The third kappa shape index (κ3) is 9.37. The maximum atomic E-state index is 14.8. The highest BCUT2D eigenvalue weighted by molar-refractivity contribution is 6.99. The first-order valence-corrected chi connectivity index (χ1v) is 27.3. The van der Waals surface area contributed by atoms with Gasteiger partial charge in [0, 0.05) is 46.0 Å². The molecule has 77 heavy (non-hydrogen) atoms. The Morgan fingerprint density at radius 3 is 1.56 bits per heavy atom. The van der Waals surface area contributed by atoms with Gasteiger partial charge in [-0.05, 0) is 74.1 Å². The van der Waals surface area contributed by atoms with E-state index < -0.39 is 56.4 Å². The Hall–Kier alpha value is -8.60. The Kier molecular flexibility index (Phi) is 14.3. The van der Waals surface area contributed by atoms with Crippen LogP contribution >= 0.6 is 0 Å².